The summed E-state index contributed by atoms with van der Waals surface area (Å²) in [5.41, 5.74) is 0. The molecule has 0 bridgehead atoms. The largest absolute Gasteiger partial charge is 0.457 e. The van der Waals surface area contributed by atoms with Gasteiger partial charge in [0.15, 0.2) is 12.6 Å². The van der Waals surface area contributed by atoms with Crippen LogP contribution in [0.2, 0.25) is 0 Å². The lowest BCUT2D eigenvalue weighted by atomic mass is 9.98. The highest BCUT2D eigenvalue weighted by Gasteiger charge is 2.47. The molecule has 0 aromatic heterocycles. The van der Waals surface area contributed by atoms with E-state index in [4.69, 9.17) is 28.4 Å². The highest BCUT2D eigenvalue weighted by molar-refractivity contribution is 5.69. The summed E-state index contributed by atoms with van der Waals surface area (Å²) in [6.45, 7) is 3.64. The first-order chi connectivity index (χ1) is 32.6. The lowest BCUT2D eigenvalue weighted by Gasteiger charge is -2.42. The Kier molecular flexibility index (Phi) is 37.4. The molecule has 2 aliphatic rings. The van der Waals surface area contributed by atoms with Gasteiger partial charge < -0.3 is 64.2 Å². The summed E-state index contributed by atoms with van der Waals surface area (Å²) in [6.07, 6.45) is 29.1. The zero-order chi connectivity index (χ0) is 48.7. The van der Waals surface area contributed by atoms with Crippen molar-refractivity contribution < 1.29 is 69.0 Å². The predicted octanol–water partition coefficient (Wildman–Crippen LogP) is 8.19. The van der Waals surface area contributed by atoms with Crippen molar-refractivity contribution in [2.45, 2.75) is 261 Å². The zero-order valence-electron chi connectivity index (χ0n) is 41.6. The molecule has 2 heterocycles. The number of rotatable bonds is 42. The first-order valence-corrected chi connectivity index (χ1v) is 26.6. The van der Waals surface area contributed by atoms with E-state index in [-0.39, 0.29) is 19.6 Å². The van der Waals surface area contributed by atoms with Crippen LogP contribution in [0.25, 0.3) is 0 Å². The maximum atomic E-state index is 13.0. The minimum absolute atomic E-state index is 0.0545. The molecule has 0 aromatic carbocycles. The van der Waals surface area contributed by atoms with Crippen LogP contribution in [0.15, 0.2) is 36.5 Å². The fraction of sp³-hybridized carbons (Fsp3) is 0.868. The second kappa shape index (κ2) is 40.9. The molecule has 0 aromatic rings. The van der Waals surface area contributed by atoms with Crippen LogP contribution in [-0.2, 0) is 33.2 Å². The Morgan fingerprint density at radius 2 is 0.925 bits per heavy atom. The molecule has 14 nitrogen and oxygen atoms in total. The summed E-state index contributed by atoms with van der Waals surface area (Å²) in [4.78, 5) is 13.0. The number of carbonyl (C=O) groups is 1. The molecule has 2 fully saturated rings. The molecule has 14 heteroatoms. The number of unbranched alkanes of at least 4 members (excludes halogenated alkanes) is 22. The molecule has 2 aliphatic heterocycles. The molecular weight excluding hydrogens is 861 g/mol. The van der Waals surface area contributed by atoms with Crippen LogP contribution >= 0.6 is 0 Å². The third-order valence-electron chi connectivity index (χ3n) is 12.6. The highest BCUT2D eigenvalue weighted by Crippen LogP contribution is 2.26. The highest BCUT2D eigenvalue weighted by atomic mass is 16.7. The maximum absolute atomic E-state index is 13.0. The van der Waals surface area contributed by atoms with Crippen molar-refractivity contribution >= 4 is 5.97 Å². The van der Waals surface area contributed by atoms with Gasteiger partial charge >= 0.3 is 5.97 Å². The summed E-state index contributed by atoms with van der Waals surface area (Å²) >= 11 is 0. The molecule has 392 valence electrons. The Morgan fingerprint density at radius 1 is 0.493 bits per heavy atom. The van der Waals surface area contributed by atoms with Crippen LogP contribution in [0.3, 0.4) is 0 Å². The minimum atomic E-state index is -1.71. The summed E-state index contributed by atoms with van der Waals surface area (Å²) < 4.78 is 34.3. The number of ether oxygens (including phenoxy) is 6. The summed E-state index contributed by atoms with van der Waals surface area (Å²) in [5.74, 6) is -0.390. The first kappa shape index (κ1) is 61.3. The number of aliphatic hydroxyl groups is 7. The third kappa shape index (κ3) is 28.6. The number of hydrogen-bond donors (Lipinski definition) is 7. The summed E-state index contributed by atoms with van der Waals surface area (Å²) in [7, 11) is 0. The number of carbonyl (C=O) groups excluding carboxylic acids is 1. The molecule has 0 radical (unpaired) electrons. The standard InChI is InChI=1S/C53H96O14/c1-3-5-7-9-11-13-15-17-19-20-21-23-25-27-29-31-33-35-37-62-39-42(65-45(55)36-34-32-30-28-26-24-22-18-16-14-12-10-8-6-4-2)40-63-52-51(61)49(59)47(57)44(67-52)41-64-53-50(60)48(58)46(56)43(38-54)66-53/h12,14,17-19,22,42-44,46-54,56-61H,3-11,13,15-16,20-21,23-41H2,1-2H3/b14-12-,19-17-,22-18-. The predicted molar refractivity (Wildman–Crippen MR) is 261 cm³/mol. The lowest BCUT2D eigenvalue weighted by molar-refractivity contribution is -0.332. The third-order valence-corrected chi connectivity index (χ3v) is 12.6. The van der Waals surface area contributed by atoms with Crippen LogP contribution in [0.5, 0.6) is 0 Å². The summed E-state index contributed by atoms with van der Waals surface area (Å²) in [6, 6.07) is 0. The maximum Gasteiger partial charge on any atom is 0.306 e. The number of hydrogen-bond acceptors (Lipinski definition) is 14. The molecule has 0 spiro atoms. The van der Waals surface area contributed by atoms with Crippen molar-refractivity contribution in [2.24, 2.45) is 0 Å². The van der Waals surface area contributed by atoms with Gasteiger partial charge in [0, 0.05) is 13.0 Å². The van der Waals surface area contributed by atoms with E-state index in [1.807, 2.05) is 0 Å². The second-order valence-corrected chi connectivity index (χ2v) is 18.7. The molecular formula is C53H96O14. The Balaban J connectivity index is 1.76. The number of esters is 1. The Labute approximate surface area is 404 Å². The van der Waals surface area contributed by atoms with Gasteiger partial charge in [-0.05, 0) is 70.6 Å². The number of allylic oxidation sites excluding steroid dienone is 6. The smallest absolute Gasteiger partial charge is 0.306 e. The van der Waals surface area contributed by atoms with Crippen molar-refractivity contribution in [3.63, 3.8) is 0 Å². The van der Waals surface area contributed by atoms with E-state index in [1.54, 1.807) is 0 Å². The molecule has 11 unspecified atom stereocenters. The fourth-order valence-electron chi connectivity index (χ4n) is 8.25. The second-order valence-electron chi connectivity index (χ2n) is 18.7. The molecule has 2 saturated heterocycles. The normalized spacial score (nSPS) is 26.3. The Bertz CT molecular complexity index is 1250. The van der Waals surface area contributed by atoms with E-state index < -0.39 is 86.7 Å². The SMILES string of the molecule is CCCCC/C=C\C/C=C\CCCCCCCC(=O)OC(COCCCCCCCCCC/C=C\CCCCCCCC)COC1OC(COC2OC(CO)C(O)C(O)C2O)C(O)C(O)C1O. The first-order valence-electron chi connectivity index (χ1n) is 26.6. The van der Waals surface area contributed by atoms with Gasteiger partial charge in [0.25, 0.3) is 0 Å². The lowest BCUT2D eigenvalue weighted by Crippen LogP contribution is -2.61. The minimum Gasteiger partial charge on any atom is -0.457 e. The molecule has 11 atom stereocenters. The van der Waals surface area contributed by atoms with Crippen LogP contribution in [-0.4, -0.2) is 142 Å². The van der Waals surface area contributed by atoms with Crippen molar-refractivity contribution in [1.82, 2.24) is 0 Å². The van der Waals surface area contributed by atoms with Crippen LogP contribution in [0.1, 0.15) is 194 Å². The summed E-state index contributed by atoms with van der Waals surface area (Å²) in [5, 5.41) is 72.2. The van der Waals surface area contributed by atoms with Crippen LogP contribution in [0, 0.1) is 0 Å². The molecule has 7 N–H and O–H groups in total. The van der Waals surface area contributed by atoms with Gasteiger partial charge in [-0.3, -0.25) is 4.79 Å². The van der Waals surface area contributed by atoms with Crippen LogP contribution in [0.4, 0.5) is 0 Å². The van der Waals surface area contributed by atoms with Crippen molar-refractivity contribution in [3.8, 4) is 0 Å². The van der Waals surface area contributed by atoms with Gasteiger partial charge in [0.2, 0.25) is 0 Å². The van der Waals surface area contributed by atoms with E-state index in [0.29, 0.717) is 13.0 Å². The van der Waals surface area contributed by atoms with Crippen LogP contribution < -0.4 is 0 Å². The average molecular weight is 957 g/mol. The Morgan fingerprint density at radius 3 is 1.48 bits per heavy atom. The molecule has 0 saturated carbocycles. The van der Waals surface area contributed by atoms with E-state index in [0.717, 1.165) is 64.2 Å². The van der Waals surface area contributed by atoms with E-state index >= 15 is 0 Å². The molecule has 67 heavy (non-hydrogen) atoms. The van der Waals surface area contributed by atoms with Crippen molar-refractivity contribution in [3.05, 3.63) is 36.5 Å². The van der Waals surface area contributed by atoms with Gasteiger partial charge in [-0.2, -0.15) is 0 Å². The van der Waals surface area contributed by atoms with Crippen molar-refractivity contribution in [2.75, 3.05) is 33.0 Å². The monoisotopic (exact) mass is 957 g/mol. The zero-order valence-corrected chi connectivity index (χ0v) is 41.6. The molecule has 2 rings (SSSR count). The van der Waals surface area contributed by atoms with Gasteiger partial charge in [-0.1, -0.05) is 153 Å². The van der Waals surface area contributed by atoms with E-state index in [2.05, 4.69) is 50.3 Å². The van der Waals surface area contributed by atoms with E-state index in [9.17, 15) is 40.5 Å². The Hall–Kier alpha value is -1.79. The van der Waals surface area contributed by atoms with Crippen molar-refractivity contribution in [1.29, 1.82) is 0 Å². The van der Waals surface area contributed by atoms with E-state index in [1.165, 1.54) is 103 Å². The fourth-order valence-corrected chi connectivity index (χ4v) is 8.25. The topological polar surface area (TPSA) is 214 Å². The number of aliphatic hydroxyl groups excluding tert-OH is 7. The van der Waals surface area contributed by atoms with Gasteiger partial charge in [-0.25, -0.2) is 0 Å². The quantitative estimate of drug-likeness (QED) is 0.0175. The van der Waals surface area contributed by atoms with Gasteiger partial charge in [0.1, 0.15) is 54.9 Å². The van der Waals surface area contributed by atoms with Gasteiger partial charge in [0.05, 0.1) is 26.4 Å². The molecule has 0 amide bonds. The molecule has 0 aliphatic carbocycles. The van der Waals surface area contributed by atoms with Gasteiger partial charge in [-0.15, -0.1) is 0 Å². The average Bonchev–Trinajstić information content (AvgIpc) is 3.32.